The number of hydrogen-bond donors (Lipinski definition) is 4. The molecule has 0 aliphatic carbocycles. The second kappa shape index (κ2) is 55.9. The summed E-state index contributed by atoms with van der Waals surface area (Å²) in [5.74, 6) is -0.514. The summed E-state index contributed by atoms with van der Waals surface area (Å²) in [6, 6.07) is -0.822. The van der Waals surface area contributed by atoms with E-state index in [9.17, 15) is 20.1 Å². The fraction of sp³-hybridized carbons (Fsp3) is 0.852. The van der Waals surface area contributed by atoms with Gasteiger partial charge in [-0.05, 0) is 70.6 Å². The lowest BCUT2D eigenvalue weighted by molar-refractivity contribution is -0.131. The predicted octanol–water partition coefficient (Wildman–Crippen LogP) is 18.4. The van der Waals surface area contributed by atoms with Crippen LogP contribution in [-0.2, 0) is 4.79 Å². The summed E-state index contributed by atoms with van der Waals surface area (Å²) in [6.07, 6.45) is 74.9. The summed E-state index contributed by atoms with van der Waals surface area (Å²) < 4.78 is 0. The Bertz CT molecular complexity index is 1070. The summed E-state index contributed by atoms with van der Waals surface area (Å²) in [6.45, 7) is 4.19. The molecule has 5 nitrogen and oxygen atoms in total. The van der Waals surface area contributed by atoms with Crippen molar-refractivity contribution in [2.75, 3.05) is 6.61 Å². The van der Waals surface area contributed by atoms with Gasteiger partial charge in [-0.25, -0.2) is 0 Å². The monoisotopic (exact) mass is 926 g/mol. The van der Waals surface area contributed by atoms with Crippen LogP contribution in [0.3, 0.4) is 0 Å². The lowest BCUT2D eigenvalue weighted by Gasteiger charge is -2.21. The Hall–Kier alpha value is -1.69. The smallest absolute Gasteiger partial charge is 0.249 e. The first-order chi connectivity index (χ1) is 32.6. The van der Waals surface area contributed by atoms with E-state index in [0.717, 1.165) is 44.9 Å². The molecule has 0 bridgehead atoms. The van der Waals surface area contributed by atoms with E-state index in [1.54, 1.807) is 6.08 Å². The Morgan fingerprint density at radius 1 is 0.364 bits per heavy atom. The molecule has 0 radical (unpaired) electrons. The van der Waals surface area contributed by atoms with Crippen LogP contribution in [-0.4, -0.2) is 46.1 Å². The zero-order valence-electron chi connectivity index (χ0n) is 44.3. The highest BCUT2D eigenvalue weighted by atomic mass is 16.3. The maximum atomic E-state index is 12.6. The SMILES string of the molecule is CCCCCCCCCCCC/C=C/CC/C=C/CC/C=C/C(O)C(CO)NC(=O)C(O)CCCCCCCCCCCCCCCCCC/C=C\CCCCCCCCCCCCCC. The van der Waals surface area contributed by atoms with Crippen LogP contribution in [0.2, 0.25) is 0 Å². The van der Waals surface area contributed by atoms with Gasteiger partial charge in [-0.1, -0.05) is 287 Å². The maximum absolute atomic E-state index is 12.6. The van der Waals surface area contributed by atoms with Crippen LogP contribution in [0.5, 0.6) is 0 Å². The Morgan fingerprint density at radius 2 is 0.621 bits per heavy atom. The van der Waals surface area contributed by atoms with E-state index < -0.39 is 24.2 Å². The summed E-state index contributed by atoms with van der Waals surface area (Å²) >= 11 is 0. The molecule has 0 rings (SSSR count). The molecular formula is C61H115NO4. The molecule has 0 aliphatic rings. The molecule has 0 aliphatic heterocycles. The minimum absolute atomic E-state index is 0.380. The molecule has 0 spiro atoms. The Labute approximate surface area is 412 Å². The highest BCUT2D eigenvalue weighted by Gasteiger charge is 2.22. The Morgan fingerprint density at radius 3 is 0.924 bits per heavy atom. The van der Waals surface area contributed by atoms with Crippen LogP contribution in [0.25, 0.3) is 0 Å². The zero-order chi connectivity index (χ0) is 47.9. The number of carbonyl (C=O) groups is 1. The second-order valence-electron chi connectivity index (χ2n) is 20.2. The van der Waals surface area contributed by atoms with E-state index in [1.807, 2.05) is 6.08 Å². The van der Waals surface area contributed by atoms with Gasteiger partial charge in [0.2, 0.25) is 5.91 Å². The first-order valence-corrected chi connectivity index (χ1v) is 29.5. The van der Waals surface area contributed by atoms with E-state index in [-0.39, 0.29) is 6.61 Å². The predicted molar refractivity (Wildman–Crippen MR) is 291 cm³/mol. The van der Waals surface area contributed by atoms with Gasteiger partial charge in [-0.2, -0.15) is 0 Å². The highest BCUT2D eigenvalue weighted by molar-refractivity contribution is 5.80. The topological polar surface area (TPSA) is 89.8 Å². The van der Waals surface area contributed by atoms with E-state index in [1.165, 1.54) is 244 Å². The Balaban J connectivity index is 3.57. The largest absolute Gasteiger partial charge is 0.394 e. The highest BCUT2D eigenvalue weighted by Crippen LogP contribution is 2.17. The third-order valence-corrected chi connectivity index (χ3v) is 13.6. The van der Waals surface area contributed by atoms with E-state index >= 15 is 0 Å². The van der Waals surface area contributed by atoms with Crippen molar-refractivity contribution in [1.29, 1.82) is 0 Å². The molecular weight excluding hydrogens is 811 g/mol. The lowest BCUT2D eigenvalue weighted by atomic mass is 10.0. The van der Waals surface area contributed by atoms with E-state index in [2.05, 4.69) is 55.6 Å². The van der Waals surface area contributed by atoms with Gasteiger partial charge in [0, 0.05) is 0 Å². The van der Waals surface area contributed by atoms with Crippen LogP contribution in [0.15, 0.2) is 48.6 Å². The standard InChI is InChI=1S/C61H115NO4/c1-3-5-7-9-11-13-15-17-19-21-23-25-26-27-28-29-30-31-32-33-34-35-36-38-40-42-44-46-48-50-52-54-56-60(65)61(66)62-58(57-63)59(64)55-53-51-49-47-45-43-41-39-37-24-22-20-18-16-14-12-10-8-6-4-2/h27-28,37,39,45,47,53,55,58-60,63-65H,3-26,29-36,38,40-44,46,48-52,54,56-57H2,1-2H3,(H,62,66)/b28-27-,39-37+,47-45+,55-53+. The van der Waals surface area contributed by atoms with Gasteiger partial charge in [-0.15, -0.1) is 0 Å². The number of nitrogens with one attached hydrogen (secondary N) is 1. The van der Waals surface area contributed by atoms with Crippen LogP contribution in [0.1, 0.15) is 309 Å². The molecule has 0 aromatic carbocycles. The lowest BCUT2D eigenvalue weighted by Crippen LogP contribution is -2.48. The van der Waals surface area contributed by atoms with Crippen molar-refractivity contribution in [2.24, 2.45) is 0 Å². The van der Waals surface area contributed by atoms with Crippen molar-refractivity contribution in [3.63, 3.8) is 0 Å². The van der Waals surface area contributed by atoms with Crippen molar-refractivity contribution < 1.29 is 20.1 Å². The molecule has 3 unspecified atom stereocenters. The van der Waals surface area contributed by atoms with Gasteiger partial charge < -0.3 is 20.6 Å². The zero-order valence-corrected chi connectivity index (χ0v) is 44.3. The van der Waals surface area contributed by atoms with Gasteiger partial charge in [0.05, 0.1) is 18.8 Å². The fourth-order valence-electron chi connectivity index (χ4n) is 9.04. The van der Waals surface area contributed by atoms with Crippen molar-refractivity contribution in [3.05, 3.63) is 48.6 Å². The molecule has 3 atom stereocenters. The number of unbranched alkanes of at least 4 members (excludes halogenated alkanes) is 40. The quantitative estimate of drug-likeness (QED) is 0.0361. The van der Waals surface area contributed by atoms with Gasteiger partial charge in [-0.3, -0.25) is 4.79 Å². The number of amides is 1. The first kappa shape index (κ1) is 64.3. The van der Waals surface area contributed by atoms with Crippen LogP contribution in [0.4, 0.5) is 0 Å². The Kier molecular flexibility index (Phi) is 54.5. The maximum Gasteiger partial charge on any atom is 0.249 e. The minimum Gasteiger partial charge on any atom is -0.394 e. The van der Waals surface area contributed by atoms with E-state index in [0.29, 0.717) is 6.42 Å². The molecule has 388 valence electrons. The third-order valence-electron chi connectivity index (χ3n) is 13.6. The molecule has 0 saturated heterocycles. The number of aliphatic hydroxyl groups excluding tert-OH is 3. The van der Waals surface area contributed by atoms with Crippen molar-refractivity contribution in [1.82, 2.24) is 5.32 Å². The minimum atomic E-state index is -1.11. The molecule has 0 aromatic heterocycles. The van der Waals surface area contributed by atoms with Crippen LogP contribution in [0, 0.1) is 0 Å². The third kappa shape index (κ3) is 50.2. The van der Waals surface area contributed by atoms with Gasteiger partial charge >= 0.3 is 0 Å². The number of carbonyl (C=O) groups excluding carboxylic acids is 1. The van der Waals surface area contributed by atoms with Crippen molar-refractivity contribution in [2.45, 2.75) is 327 Å². The summed E-state index contributed by atoms with van der Waals surface area (Å²) in [7, 11) is 0. The van der Waals surface area contributed by atoms with Gasteiger partial charge in [0.15, 0.2) is 0 Å². The summed E-state index contributed by atoms with van der Waals surface area (Å²) in [5.41, 5.74) is 0. The number of rotatable bonds is 54. The molecule has 0 aromatic rings. The van der Waals surface area contributed by atoms with Crippen molar-refractivity contribution in [3.8, 4) is 0 Å². The summed E-state index contributed by atoms with van der Waals surface area (Å²) in [4.78, 5) is 12.6. The molecule has 0 fully saturated rings. The molecule has 66 heavy (non-hydrogen) atoms. The molecule has 1 amide bonds. The molecule has 0 saturated carbocycles. The number of hydrogen-bond acceptors (Lipinski definition) is 4. The van der Waals surface area contributed by atoms with Crippen LogP contribution >= 0.6 is 0 Å². The molecule has 0 heterocycles. The summed E-state index contributed by atoms with van der Waals surface area (Å²) in [5, 5.41) is 33.3. The number of allylic oxidation sites excluding steroid dienone is 7. The van der Waals surface area contributed by atoms with Gasteiger partial charge in [0.25, 0.3) is 0 Å². The molecule has 5 heteroatoms. The average molecular weight is 927 g/mol. The van der Waals surface area contributed by atoms with Crippen molar-refractivity contribution >= 4 is 5.91 Å². The van der Waals surface area contributed by atoms with Crippen LogP contribution < -0.4 is 5.32 Å². The number of aliphatic hydroxyl groups is 3. The van der Waals surface area contributed by atoms with E-state index in [4.69, 9.17) is 0 Å². The normalized spacial score (nSPS) is 13.6. The molecule has 4 N–H and O–H groups in total. The first-order valence-electron chi connectivity index (χ1n) is 29.5. The fourth-order valence-corrected chi connectivity index (χ4v) is 9.04. The average Bonchev–Trinajstić information content (AvgIpc) is 3.32. The second-order valence-corrected chi connectivity index (χ2v) is 20.2. The van der Waals surface area contributed by atoms with Gasteiger partial charge in [0.1, 0.15) is 6.10 Å².